The minimum absolute atomic E-state index is 0. The number of guanidine groups is 1. The fraction of sp³-hybridized carbons (Fsp3) is 0.474. The summed E-state index contributed by atoms with van der Waals surface area (Å²) in [5.41, 5.74) is 4.67. The van der Waals surface area contributed by atoms with E-state index in [0.29, 0.717) is 12.6 Å². The number of aliphatic imine (C=N–C) groups is 1. The summed E-state index contributed by atoms with van der Waals surface area (Å²) in [4.78, 5) is 6.58. The Morgan fingerprint density at radius 3 is 2.42 bits per heavy atom. The van der Waals surface area contributed by atoms with Crippen LogP contribution in [0.2, 0.25) is 0 Å². The third kappa shape index (κ3) is 5.62. The van der Waals surface area contributed by atoms with Gasteiger partial charge in [-0.2, -0.15) is 5.10 Å². The molecule has 0 fully saturated rings. The fourth-order valence-electron chi connectivity index (χ4n) is 2.76. The number of likely N-dealkylation sites (N-methyl/N-ethyl adjacent to an activating group) is 1. The van der Waals surface area contributed by atoms with Gasteiger partial charge in [0.1, 0.15) is 0 Å². The molecule has 0 amide bonds. The second kappa shape index (κ2) is 10.4. The van der Waals surface area contributed by atoms with Crippen LogP contribution >= 0.6 is 24.0 Å². The van der Waals surface area contributed by atoms with Crippen molar-refractivity contribution in [3.05, 3.63) is 47.3 Å². The second-order valence-electron chi connectivity index (χ2n) is 6.38. The van der Waals surface area contributed by atoms with Gasteiger partial charge in [0.15, 0.2) is 5.96 Å². The van der Waals surface area contributed by atoms with Gasteiger partial charge in [0, 0.05) is 57.2 Å². The SMILES string of the molecule is CN=C(NCc1c(C)nn(C)c1C)NCC(C)N(C)c1ccccc1.I. The van der Waals surface area contributed by atoms with Crippen molar-refractivity contribution in [3.8, 4) is 0 Å². The van der Waals surface area contributed by atoms with Gasteiger partial charge in [0.2, 0.25) is 0 Å². The predicted molar refractivity (Wildman–Crippen MR) is 121 cm³/mol. The topological polar surface area (TPSA) is 57.5 Å². The first-order valence-electron chi connectivity index (χ1n) is 8.65. The van der Waals surface area contributed by atoms with Gasteiger partial charge in [-0.05, 0) is 32.9 Å². The second-order valence-corrected chi connectivity index (χ2v) is 6.38. The summed E-state index contributed by atoms with van der Waals surface area (Å²) in [5, 5.41) is 11.2. The van der Waals surface area contributed by atoms with Crippen LogP contribution in [0.4, 0.5) is 5.69 Å². The maximum Gasteiger partial charge on any atom is 0.191 e. The van der Waals surface area contributed by atoms with Crippen LogP contribution in [0.15, 0.2) is 35.3 Å². The van der Waals surface area contributed by atoms with Crippen molar-refractivity contribution in [2.75, 3.05) is 25.5 Å². The molecular formula is C19H31IN6. The minimum Gasteiger partial charge on any atom is -0.370 e. The van der Waals surface area contributed by atoms with E-state index in [4.69, 9.17) is 0 Å². The molecule has 0 bridgehead atoms. The van der Waals surface area contributed by atoms with Crippen molar-refractivity contribution >= 4 is 35.6 Å². The van der Waals surface area contributed by atoms with E-state index in [2.05, 4.69) is 70.8 Å². The van der Waals surface area contributed by atoms with Crippen molar-refractivity contribution in [3.63, 3.8) is 0 Å². The Balaban J connectivity index is 0.00000338. The van der Waals surface area contributed by atoms with Crippen LogP contribution in [0, 0.1) is 13.8 Å². The Labute approximate surface area is 174 Å². The van der Waals surface area contributed by atoms with E-state index in [1.807, 2.05) is 24.7 Å². The lowest BCUT2D eigenvalue weighted by Gasteiger charge is -2.27. The number of aryl methyl sites for hydroxylation is 2. The summed E-state index contributed by atoms with van der Waals surface area (Å²) in [6.07, 6.45) is 0. The number of nitrogens with zero attached hydrogens (tertiary/aromatic N) is 4. The molecule has 1 heterocycles. The lowest BCUT2D eigenvalue weighted by Crippen LogP contribution is -2.44. The van der Waals surface area contributed by atoms with Crippen LogP contribution < -0.4 is 15.5 Å². The number of hydrogen-bond acceptors (Lipinski definition) is 3. The van der Waals surface area contributed by atoms with E-state index in [-0.39, 0.29) is 24.0 Å². The largest absolute Gasteiger partial charge is 0.370 e. The maximum absolute atomic E-state index is 4.46. The van der Waals surface area contributed by atoms with Crippen molar-refractivity contribution in [1.29, 1.82) is 0 Å². The summed E-state index contributed by atoms with van der Waals surface area (Å²) in [6, 6.07) is 10.7. The summed E-state index contributed by atoms with van der Waals surface area (Å²) < 4.78 is 1.92. The summed E-state index contributed by atoms with van der Waals surface area (Å²) in [6.45, 7) is 7.84. The highest BCUT2D eigenvalue weighted by molar-refractivity contribution is 14.0. The molecule has 0 radical (unpaired) electrons. The highest BCUT2D eigenvalue weighted by Gasteiger charge is 2.12. The van der Waals surface area contributed by atoms with Crippen LogP contribution in [0.25, 0.3) is 0 Å². The Morgan fingerprint density at radius 2 is 1.88 bits per heavy atom. The van der Waals surface area contributed by atoms with E-state index in [1.165, 1.54) is 16.9 Å². The van der Waals surface area contributed by atoms with E-state index >= 15 is 0 Å². The lowest BCUT2D eigenvalue weighted by molar-refractivity contribution is 0.648. The van der Waals surface area contributed by atoms with Crippen LogP contribution in [-0.2, 0) is 13.6 Å². The zero-order valence-corrected chi connectivity index (χ0v) is 18.9. The average molecular weight is 470 g/mol. The molecule has 0 spiro atoms. The Bertz CT molecular complexity index is 710. The monoisotopic (exact) mass is 470 g/mol. The summed E-state index contributed by atoms with van der Waals surface area (Å²) >= 11 is 0. The Kier molecular flexibility index (Phi) is 8.91. The smallest absolute Gasteiger partial charge is 0.191 e. The van der Waals surface area contributed by atoms with Crippen LogP contribution in [0.5, 0.6) is 0 Å². The van der Waals surface area contributed by atoms with Gasteiger partial charge in [-0.1, -0.05) is 18.2 Å². The quantitative estimate of drug-likeness (QED) is 0.388. The average Bonchev–Trinajstić information content (AvgIpc) is 2.87. The highest BCUT2D eigenvalue weighted by Crippen LogP contribution is 2.13. The van der Waals surface area contributed by atoms with E-state index < -0.39 is 0 Å². The molecule has 1 aromatic carbocycles. The molecule has 1 atom stereocenters. The Morgan fingerprint density at radius 1 is 1.23 bits per heavy atom. The summed E-state index contributed by atoms with van der Waals surface area (Å²) in [5.74, 6) is 0.802. The van der Waals surface area contributed by atoms with E-state index in [0.717, 1.165) is 18.2 Å². The van der Waals surface area contributed by atoms with Gasteiger partial charge in [-0.15, -0.1) is 24.0 Å². The minimum atomic E-state index is 0. The van der Waals surface area contributed by atoms with Gasteiger partial charge in [-0.3, -0.25) is 9.67 Å². The molecule has 144 valence electrons. The molecule has 7 heteroatoms. The first kappa shape index (κ1) is 22.3. The molecule has 1 unspecified atom stereocenters. The van der Waals surface area contributed by atoms with E-state index in [9.17, 15) is 0 Å². The number of halogens is 1. The van der Waals surface area contributed by atoms with Gasteiger partial charge in [-0.25, -0.2) is 0 Å². The first-order valence-corrected chi connectivity index (χ1v) is 8.65. The first-order chi connectivity index (χ1) is 11.9. The van der Waals surface area contributed by atoms with Gasteiger partial charge in [0.05, 0.1) is 5.69 Å². The molecule has 0 saturated heterocycles. The molecule has 0 aliphatic carbocycles. The molecule has 1 aromatic heterocycles. The van der Waals surface area contributed by atoms with Crippen molar-refractivity contribution in [2.45, 2.75) is 33.4 Å². The number of nitrogens with one attached hydrogen (secondary N) is 2. The third-order valence-electron chi connectivity index (χ3n) is 4.70. The molecular weight excluding hydrogens is 439 g/mol. The van der Waals surface area contributed by atoms with Crippen LogP contribution in [0.3, 0.4) is 0 Å². The predicted octanol–water partition coefficient (Wildman–Crippen LogP) is 2.84. The van der Waals surface area contributed by atoms with Crippen LogP contribution in [0.1, 0.15) is 23.9 Å². The van der Waals surface area contributed by atoms with Crippen LogP contribution in [-0.4, -0.2) is 42.4 Å². The molecule has 0 aliphatic heterocycles. The van der Waals surface area contributed by atoms with Crippen molar-refractivity contribution in [2.24, 2.45) is 12.0 Å². The number of benzene rings is 1. The molecule has 0 aliphatic rings. The number of hydrogen-bond donors (Lipinski definition) is 2. The van der Waals surface area contributed by atoms with Crippen molar-refractivity contribution < 1.29 is 0 Å². The summed E-state index contributed by atoms with van der Waals surface area (Å²) in [7, 11) is 5.88. The Hall–Kier alpha value is -1.77. The molecule has 2 rings (SSSR count). The van der Waals surface area contributed by atoms with Gasteiger partial charge >= 0.3 is 0 Å². The molecule has 6 nitrogen and oxygen atoms in total. The number of anilines is 1. The molecule has 0 saturated carbocycles. The number of rotatable bonds is 6. The zero-order valence-electron chi connectivity index (χ0n) is 16.6. The molecule has 2 N–H and O–H groups in total. The molecule has 2 aromatic rings. The van der Waals surface area contributed by atoms with Gasteiger partial charge in [0.25, 0.3) is 0 Å². The number of para-hydroxylation sites is 1. The number of aromatic nitrogens is 2. The molecule has 26 heavy (non-hydrogen) atoms. The maximum atomic E-state index is 4.46. The fourth-order valence-corrected chi connectivity index (χ4v) is 2.76. The lowest BCUT2D eigenvalue weighted by atomic mass is 10.2. The standard InChI is InChI=1S/C19H30N6.HI/c1-14(24(5)17-10-8-7-9-11-17)12-21-19(20-4)22-13-18-15(2)23-25(6)16(18)3;/h7-11,14H,12-13H2,1-6H3,(H2,20,21,22);1H. The van der Waals surface area contributed by atoms with Gasteiger partial charge < -0.3 is 15.5 Å². The normalized spacial score (nSPS) is 12.3. The highest BCUT2D eigenvalue weighted by atomic mass is 127. The third-order valence-corrected chi connectivity index (χ3v) is 4.70. The zero-order chi connectivity index (χ0) is 18.4. The van der Waals surface area contributed by atoms with Crippen molar-refractivity contribution in [1.82, 2.24) is 20.4 Å². The van der Waals surface area contributed by atoms with E-state index in [1.54, 1.807) is 7.05 Å².